The van der Waals surface area contributed by atoms with Crippen LogP contribution in [-0.4, -0.2) is 23.7 Å². The molecule has 98 valence electrons. The summed E-state index contributed by atoms with van der Waals surface area (Å²) < 4.78 is 0. The Balaban J connectivity index is 1.92. The first-order valence-corrected chi connectivity index (χ1v) is 6.43. The number of hydrogen-bond donors (Lipinski definition) is 3. The topological polar surface area (TPSA) is 75.4 Å². The van der Waals surface area contributed by atoms with Crippen molar-refractivity contribution in [3.05, 3.63) is 35.4 Å². The van der Waals surface area contributed by atoms with E-state index in [-0.39, 0.29) is 6.61 Å². The number of nitrogens with one attached hydrogen (secondary N) is 1. The van der Waals surface area contributed by atoms with Crippen LogP contribution < -0.4 is 11.1 Å². The van der Waals surface area contributed by atoms with Gasteiger partial charge in [0.25, 0.3) is 0 Å². The number of carbonyl (C=O) groups excluding carboxylic acids is 1. The molecule has 0 saturated heterocycles. The third-order valence-corrected chi connectivity index (χ3v) is 3.41. The monoisotopic (exact) mass is 248 g/mol. The average molecular weight is 248 g/mol. The minimum Gasteiger partial charge on any atom is -0.396 e. The van der Waals surface area contributed by atoms with Gasteiger partial charge < -0.3 is 16.2 Å². The smallest absolute Gasteiger partial charge is 0.248 e. The molecular weight excluding hydrogens is 228 g/mol. The molecule has 0 spiro atoms. The normalized spacial score (nSPS) is 16.5. The number of aliphatic hydroxyl groups is 1. The van der Waals surface area contributed by atoms with Gasteiger partial charge in [-0.1, -0.05) is 12.1 Å². The zero-order chi connectivity index (χ0) is 13.0. The van der Waals surface area contributed by atoms with Crippen LogP contribution in [0.15, 0.2) is 24.3 Å². The van der Waals surface area contributed by atoms with Crippen molar-refractivity contribution in [3.8, 4) is 0 Å². The molecular formula is C14H20N2O2. The van der Waals surface area contributed by atoms with E-state index in [1.807, 2.05) is 18.2 Å². The Labute approximate surface area is 107 Å². The molecule has 1 aliphatic carbocycles. The van der Waals surface area contributed by atoms with Gasteiger partial charge in [0, 0.05) is 24.8 Å². The Morgan fingerprint density at radius 2 is 2.28 bits per heavy atom. The maximum absolute atomic E-state index is 11.1. The molecule has 1 aromatic carbocycles. The number of aliphatic hydroxyl groups excluding tert-OH is 1. The zero-order valence-corrected chi connectivity index (χ0v) is 10.4. The number of carbonyl (C=O) groups is 1. The molecule has 1 amide bonds. The van der Waals surface area contributed by atoms with Crippen molar-refractivity contribution >= 4 is 5.91 Å². The molecule has 0 bridgehead atoms. The van der Waals surface area contributed by atoms with Crippen LogP contribution in [0.25, 0.3) is 0 Å². The van der Waals surface area contributed by atoms with Crippen molar-refractivity contribution in [3.63, 3.8) is 0 Å². The Kier molecular flexibility index (Phi) is 4.33. The molecule has 1 saturated carbocycles. The fourth-order valence-electron chi connectivity index (χ4n) is 2.23. The molecule has 0 radical (unpaired) electrons. The summed E-state index contributed by atoms with van der Waals surface area (Å²) in [5.41, 5.74) is 6.84. The summed E-state index contributed by atoms with van der Waals surface area (Å²) >= 11 is 0. The molecule has 4 nitrogen and oxygen atoms in total. The maximum Gasteiger partial charge on any atom is 0.248 e. The summed E-state index contributed by atoms with van der Waals surface area (Å²) in [6, 6.07) is 7.74. The van der Waals surface area contributed by atoms with E-state index in [1.54, 1.807) is 6.07 Å². The number of primary amides is 1. The molecule has 4 N–H and O–H groups in total. The number of nitrogens with two attached hydrogens (primary N) is 1. The minimum absolute atomic E-state index is 0.218. The summed E-state index contributed by atoms with van der Waals surface area (Å²) in [6.45, 7) is 0.928. The van der Waals surface area contributed by atoms with Crippen molar-refractivity contribution in [2.45, 2.75) is 31.8 Å². The Hall–Kier alpha value is -1.39. The van der Waals surface area contributed by atoms with Gasteiger partial charge in [-0.05, 0) is 42.9 Å². The zero-order valence-electron chi connectivity index (χ0n) is 10.4. The van der Waals surface area contributed by atoms with Crippen LogP contribution in [0, 0.1) is 5.92 Å². The maximum atomic E-state index is 11.1. The van der Waals surface area contributed by atoms with Gasteiger partial charge in [0.15, 0.2) is 0 Å². The molecule has 2 rings (SSSR count). The molecule has 18 heavy (non-hydrogen) atoms. The highest BCUT2D eigenvalue weighted by Gasteiger charge is 2.30. The van der Waals surface area contributed by atoms with E-state index < -0.39 is 5.91 Å². The van der Waals surface area contributed by atoms with Crippen LogP contribution >= 0.6 is 0 Å². The molecule has 1 aromatic rings. The second-order valence-corrected chi connectivity index (χ2v) is 4.90. The Morgan fingerprint density at radius 1 is 1.50 bits per heavy atom. The highest BCUT2D eigenvalue weighted by atomic mass is 16.3. The van der Waals surface area contributed by atoms with E-state index in [1.165, 1.54) is 12.8 Å². The summed E-state index contributed by atoms with van der Waals surface area (Å²) in [7, 11) is 0. The highest BCUT2D eigenvalue weighted by Crippen LogP contribution is 2.34. The third kappa shape index (κ3) is 3.55. The van der Waals surface area contributed by atoms with Crippen LogP contribution in [0.3, 0.4) is 0 Å². The molecule has 0 aliphatic heterocycles. The first-order valence-electron chi connectivity index (χ1n) is 6.43. The lowest BCUT2D eigenvalue weighted by Crippen LogP contribution is -2.31. The lowest BCUT2D eigenvalue weighted by Gasteiger charge is -2.17. The summed E-state index contributed by atoms with van der Waals surface area (Å²) in [6.07, 6.45) is 3.29. The van der Waals surface area contributed by atoms with Gasteiger partial charge in [-0.2, -0.15) is 0 Å². The van der Waals surface area contributed by atoms with E-state index in [9.17, 15) is 4.79 Å². The van der Waals surface area contributed by atoms with E-state index >= 15 is 0 Å². The average Bonchev–Trinajstić information content (AvgIpc) is 3.19. The second-order valence-electron chi connectivity index (χ2n) is 4.90. The SMILES string of the molecule is NC(=O)c1cccc(CNC(CCO)C2CC2)c1. The van der Waals surface area contributed by atoms with Crippen LogP contribution in [-0.2, 0) is 6.54 Å². The molecule has 1 atom stereocenters. The van der Waals surface area contributed by atoms with Crippen molar-refractivity contribution < 1.29 is 9.90 Å². The standard InChI is InChI=1S/C14H20N2O2/c15-14(18)12-3-1-2-10(8-12)9-16-13(6-7-17)11-4-5-11/h1-3,8,11,13,16-17H,4-7,9H2,(H2,15,18). The predicted molar refractivity (Wildman–Crippen MR) is 70.0 cm³/mol. The quantitative estimate of drug-likeness (QED) is 0.675. The molecule has 0 heterocycles. The van der Waals surface area contributed by atoms with Gasteiger partial charge in [0.2, 0.25) is 5.91 Å². The van der Waals surface area contributed by atoms with Crippen molar-refractivity contribution in [2.24, 2.45) is 11.7 Å². The largest absolute Gasteiger partial charge is 0.396 e. The van der Waals surface area contributed by atoms with Gasteiger partial charge in [-0.25, -0.2) is 0 Å². The molecule has 1 unspecified atom stereocenters. The molecule has 0 aromatic heterocycles. The molecule has 1 aliphatic rings. The van der Waals surface area contributed by atoms with E-state index in [0.717, 1.165) is 12.0 Å². The van der Waals surface area contributed by atoms with Crippen LogP contribution in [0.1, 0.15) is 35.2 Å². The van der Waals surface area contributed by atoms with Crippen LogP contribution in [0.4, 0.5) is 0 Å². The highest BCUT2D eigenvalue weighted by molar-refractivity contribution is 5.92. The van der Waals surface area contributed by atoms with E-state index in [2.05, 4.69) is 5.32 Å². The van der Waals surface area contributed by atoms with Crippen LogP contribution in [0.2, 0.25) is 0 Å². The van der Waals surface area contributed by atoms with Gasteiger partial charge in [0.05, 0.1) is 0 Å². The minimum atomic E-state index is -0.397. The van der Waals surface area contributed by atoms with Gasteiger partial charge in [-0.3, -0.25) is 4.79 Å². The lowest BCUT2D eigenvalue weighted by molar-refractivity contribution is 0.1000. The number of amides is 1. The summed E-state index contributed by atoms with van der Waals surface area (Å²) in [5, 5.41) is 12.5. The van der Waals surface area contributed by atoms with Gasteiger partial charge in [0.1, 0.15) is 0 Å². The molecule has 1 fully saturated rings. The van der Waals surface area contributed by atoms with E-state index in [0.29, 0.717) is 24.1 Å². The van der Waals surface area contributed by atoms with Crippen molar-refractivity contribution in [1.82, 2.24) is 5.32 Å². The third-order valence-electron chi connectivity index (χ3n) is 3.41. The Morgan fingerprint density at radius 3 is 2.89 bits per heavy atom. The number of hydrogen-bond acceptors (Lipinski definition) is 3. The van der Waals surface area contributed by atoms with Gasteiger partial charge >= 0.3 is 0 Å². The second kappa shape index (κ2) is 5.98. The first kappa shape index (κ1) is 13.1. The summed E-state index contributed by atoms with van der Waals surface area (Å²) in [4.78, 5) is 11.1. The van der Waals surface area contributed by atoms with Crippen molar-refractivity contribution in [1.29, 1.82) is 0 Å². The summed E-state index contributed by atoms with van der Waals surface area (Å²) in [5.74, 6) is 0.308. The van der Waals surface area contributed by atoms with E-state index in [4.69, 9.17) is 10.8 Å². The fourth-order valence-corrected chi connectivity index (χ4v) is 2.23. The van der Waals surface area contributed by atoms with Crippen LogP contribution in [0.5, 0.6) is 0 Å². The lowest BCUT2D eigenvalue weighted by atomic mass is 10.1. The fraction of sp³-hybridized carbons (Fsp3) is 0.500. The number of benzene rings is 1. The number of rotatable bonds is 7. The molecule has 4 heteroatoms. The predicted octanol–water partition coefficient (Wildman–Crippen LogP) is 1.04. The van der Waals surface area contributed by atoms with Gasteiger partial charge in [-0.15, -0.1) is 0 Å². The van der Waals surface area contributed by atoms with Crippen molar-refractivity contribution in [2.75, 3.05) is 6.61 Å². The Bertz CT molecular complexity index is 416. The first-order chi connectivity index (χ1) is 8.70.